The summed E-state index contributed by atoms with van der Waals surface area (Å²) in [5, 5.41) is 10.1. The second-order valence-electron chi connectivity index (χ2n) is 5.66. The lowest BCUT2D eigenvalue weighted by Gasteiger charge is -2.10. The molecular weight excluding hydrogens is 370 g/mol. The average Bonchev–Trinajstić information content (AvgIpc) is 3.12. The molecule has 0 aliphatic rings. The van der Waals surface area contributed by atoms with Crippen LogP contribution in [0, 0.1) is 0 Å². The average molecular weight is 384 g/mol. The molecule has 4 rings (SSSR count). The van der Waals surface area contributed by atoms with Gasteiger partial charge in [-0.25, -0.2) is 4.98 Å². The molecule has 0 amide bonds. The van der Waals surface area contributed by atoms with Gasteiger partial charge in [-0.3, -0.25) is 13.9 Å². The van der Waals surface area contributed by atoms with Crippen molar-refractivity contribution in [2.24, 2.45) is 7.05 Å². The maximum Gasteiger partial charge on any atom is 0.261 e. The van der Waals surface area contributed by atoms with Gasteiger partial charge in [0, 0.05) is 12.1 Å². The largest absolute Gasteiger partial charge is 0.299 e. The highest BCUT2D eigenvalue weighted by atomic mass is 35.5. The minimum Gasteiger partial charge on any atom is -0.299 e. The van der Waals surface area contributed by atoms with Crippen LogP contribution in [-0.2, 0) is 12.8 Å². The Morgan fingerprint density at radius 3 is 2.85 bits per heavy atom. The molecule has 0 fully saturated rings. The topological polar surface area (TPSA) is 65.6 Å². The van der Waals surface area contributed by atoms with Crippen LogP contribution in [0.25, 0.3) is 16.6 Å². The highest BCUT2D eigenvalue weighted by Crippen LogP contribution is 2.24. The summed E-state index contributed by atoms with van der Waals surface area (Å²) in [6.07, 6.45) is 1.64. The molecule has 0 bridgehead atoms. The molecule has 8 heteroatoms. The van der Waals surface area contributed by atoms with Crippen LogP contribution in [0.2, 0.25) is 5.02 Å². The smallest absolute Gasteiger partial charge is 0.261 e. The van der Waals surface area contributed by atoms with E-state index in [1.165, 1.54) is 11.8 Å². The number of hydrogen-bond donors (Lipinski definition) is 0. The van der Waals surface area contributed by atoms with Gasteiger partial charge >= 0.3 is 0 Å². The summed E-state index contributed by atoms with van der Waals surface area (Å²) in [6.45, 7) is 0. The lowest BCUT2D eigenvalue weighted by Crippen LogP contribution is -2.21. The first kappa shape index (κ1) is 16.8. The normalized spacial score (nSPS) is 11.2. The zero-order chi connectivity index (χ0) is 18.1. The van der Waals surface area contributed by atoms with E-state index >= 15 is 0 Å². The number of benzene rings is 2. The molecule has 0 N–H and O–H groups in total. The first-order chi connectivity index (χ1) is 12.6. The van der Waals surface area contributed by atoms with Crippen molar-refractivity contribution < 1.29 is 0 Å². The van der Waals surface area contributed by atoms with Crippen LogP contribution in [0.5, 0.6) is 0 Å². The van der Waals surface area contributed by atoms with Gasteiger partial charge in [-0.05, 0) is 30.3 Å². The predicted octanol–water partition coefficient (Wildman–Crippen LogP) is 3.46. The van der Waals surface area contributed by atoms with Gasteiger partial charge in [0.15, 0.2) is 5.16 Å². The number of para-hydroxylation sites is 1. The van der Waals surface area contributed by atoms with Gasteiger partial charge < -0.3 is 0 Å². The first-order valence-electron chi connectivity index (χ1n) is 7.87. The minimum atomic E-state index is -0.0532. The number of nitrogens with zero attached hydrogens (tertiary/aromatic N) is 5. The Morgan fingerprint density at radius 1 is 1.15 bits per heavy atom. The van der Waals surface area contributed by atoms with Crippen LogP contribution in [0.1, 0.15) is 5.82 Å². The van der Waals surface area contributed by atoms with Gasteiger partial charge in [0.25, 0.3) is 5.56 Å². The summed E-state index contributed by atoms with van der Waals surface area (Å²) in [7, 11) is 1.74. The molecule has 0 spiro atoms. The molecule has 26 heavy (non-hydrogen) atoms. The fourth-order valence-electron chi connectivity index (χ4n) is 2.65. The van der Waals surface area contributed by atoms with E-state index in [1.54, 1.807) is 24.0 Å². The SMILES string of the molecule is Cn1c(CSc2nncn2-c2cccc(Cl)c2)nc2ccccc2c1=O. The zero-order valence-electron chi connectivity index (χ0n) is 13.8. The van der Waals surface area contributed by atoms with Crippen molar-refractivity contribution in [3.05, 3.63) is 76.1 Å². The highest BCUT2D eigenvalue weighted by molar-refractivity contribution is 7.98. The third kappa shape index (κ3) is 3.11. The molecule has 2 aromatic carbocycles. The van der Waals surface area contributed by atoms with Crippen LogP contribution in [0.4, 0.5) is 0 Å². The van der Waals surface area contributed by atoms with Gasteiger partial charge in [0.2, 0.25) is 0 Å². The monoisotopic (exact) mass is 383 g/mol. The third-order valence-corrected chi connectivity index (χ3v) is 5.18. The number of hydrogen-bond acceptors (Lipinski definition) is 5. The van der Waals surface area contributed by atoms with Crippen molar-refractivity contribution >= 4 is 34.3 Å². The Morgan fingerprint density at radius 2 is 2.00 bits per heavy atom. The molecule has 4 aromatic rings. The van der Waals surface area contributed by atoms with Gasteiger partial charge in [-0.2, -0.15) is 0 Å². The lowest BCUT2D eigenvalue weighted by atomic mass is 10.2. The van der Waals surface area contributed by atoms with E-state index < -0.39 is 0 Å². The molecule has 0 unspecified atom stereocenters. The minimum absolute atomic E-state index is 0.0532. The van der Waals surface area contributed by atoms with Crippen molar-refractivity contribution in [2.45, 2.75) is 10.9 Å². The molecule has 0 aliphatic carbocycles. The lowest BCUT2D eigenvalue weighted by molar-refractivity contribution is 0.782. The highest BCUT2D eigenvalue weighted by Gasteiger charge is 2.12. The molecule has 0 radical (unpaired) electrons. The van der Waals surface area contributed by atoms with Crippen molar-refractivity contribution in [3.63, 3.8) is 0 Å². The number of halogens is 1. The van der Waals surface area contributed by atoms with E-state index in [2.05, 4.69) is 15.2 Å². The van der Waals surface area contributed by atoms with E-state index in [4.69, 9.17) is 11.6 Å². The Hall–Kier alpha value is -2.64. The second-order valence-corrected chi connectivity index (χ2v) is 7.04. The summed E-state index contributed by atoms with van der Waals surface area (Å²) < 4.78 is 3.44. The summed E-state index contributed by atoms with van der Waals surface area (Å²) in [6, 6.07) is 14.8. The number of fused-ring (bicyclic) bond motifs is 1. The van der Waals surface area contributed by atoms with Crippen LogP contribution in [0.3, 0.4) is 0 Å². The summed E-state index contributed by atoms with van der Waals surface area (Å²) in [5.41, 5.74) is 1.52. The van der Waals surface area contributed by atoms with E-state index in [0.29, 0.717) is 32.7 Å². The number of rotatable bonds is 4. The van der Waals surface area contributed by atoms with E-state index in [0.717, 1.165) is 5.69 Å². The summed E-state index contributed by atoms with van der Waals surface area (Å²) in [4.78, 5) is 17.1. The molecule has 6 nitrogen and oxygen atoms in total. The Labute approximate surface area is 158 Å². The van der Waals surface area contributed by atoms with E-state index in [9.17, 15) is 4.79 Å². The maximum atomic E-state index is 12.5. The number of thioether (sulfide) groups is 1. The Kier molecular flexibility index (Phi) is 4.48. The summed E-state index contributed by atoms with van der Waals surface area (Å²) >= 11 is 7.53. The summed E-state index contributed by atoms with van der Waals surface area (Å²) in [5.74, 6) is 1.18. The predicted molar refractivity (Wildman–Crippen MR) is 103 cm³/mol. The van der Waals surface area contributed by atoms with Crippen molar-refractivity contribution in [1.29, 1.82) is 0 Å². The number of aromatic nitrogens is 5. The van der Waals surface area contributed by atoms with Crippen LogP contribution < -0.4 is 5.56 Å². The van der Waals surface area contributed by atoms with Gasteiger partial charge in [-0.15, -0.1) is 10.2 Å². The molecule has 2 aromatic heterocycles. The first-order valence-corrected chi connectivity index (χ1v) is 9.23. The zero-order valence-corrected chi connectivity index (χ0v) is 15.4. The van der Waals surface area contributed by atoms with Gasteiger partial charge in [0.1, 0.15) is 12.2 Å². The molecule has 0 saturated heterocycles. The molecule has 2 heterocycles. The van der Waals surface area contributed by atoms with Crippen molar-refractivity contribution in [1.82, 2.24) is 24.3 Å². The molecule has 0 atom stereocenters. The standard InChI is InChI=1S/C18H14ClN5OS/c1-23-16(21-15-8-3-2-7-14(15)17(23)25)10-26-18-22-20-11-24(18)13-6-4-5-12(19)9-13/h2-9,11H,10H2,1H3. The van der Waals surface area contributed by atoms with Crippen LogP contribution >= 0.6 is 23.4 Å². The maximum absolute atomic E-state index is 12.5. The Balaban J connectivity index is 1.65. The van der Waals surface area contributed by atoms with E-state index in [-0.39, 0.29) is 5.56 Å². The fraction of sp³-hybridized carbons (Fsp3) is 0.111. The van der Waals surface area contributed by atoms with Crippen LogP contribution in [0.15, 0.2) is 64.8 Å². The quantitative estimate of drug-likeness (QED) is 0.505. The van der Waals surface area contributed by atoms with Crippen molar-refractivity contribution in [3.8, 4) is 5.69 Å². The molecule has 130 valence electrons. The van der Waals surface area contributed by atoms with E-state index in [1.807, 2.05) is 47.0 Å². The third-order valence-electron chi connectivity index (χ3n) is 4.01. The Bertz CT molecular complexity index is 1150. The molecule has 0 aliphatic heterocycles. The second kappa shape index (κ2) is 6.93. The molecular formula is C18H14ClN5OS. The molecule has 0 saturated carbocycles. The van der Waals surface area contributed by atoms with Gasteiger partial charge in [-0.1, -0.05) is 41.6 Å². The van der Waals surface area contributed by atoms with Gasteiger partial charge in [0.05, 0.1) is 22.3 Å². The fourth-order valence-corrected chi connectivity index (χ4v) is 3.75. The van der Waals surface area contributed by atoms with Crippen LogP contribution in [-0.4, -0.2) is 24.3 Å². The van der Waals surface area contributed by atoms with Crippen molar-refractivity contribution in [2.75, 3.05) is 0 Å².